The molecule has 0 unspecified atom stereocenters. The van der Waals surface area contributed by atoms with Crippen LogP contribution in [0.25, 0.3) is 0 Å². The van der Waals surface area contributed by atoms with E-state index in [2.05, 4.69) is 13.8 Å². The number of rotatable bonds is 4. The Morgan fingerprint density at radius 3 is 2.47 bits per heavy atom. The summed E-state index contributed by atoms with van der Waals surface area (Å²) in [6, 6.07) is 3.69. The molecule has 0 aliphatic rings. The molecule has 0 amide bonds. The molecule has 0 radical (unpaired) electrons. The number of aliphatic hydroxyl groups is 1. The molecule has 3 heteroatoms. The maximum absolute atomic E-state index is 9.91. The topological polar surface area (TPSA) is 49.7 Å². The molecule has 84 valence electrons. The van der Waals surface area contributed by atoms with E-state index in [1.807, 2.05) is 6.07 Å². The van der Waals surface area contributed by atoms with Crippen LogP contribution >= 0.6 is 0 Å². The zero-order valence-corrected chi connectivity index (χ0v) is 9.45. The van der Waals surface area contributed by atoms with E-state index in [1.165, 1.54) is 7.11 Å². The van der Waals surface area contributed by atoms with Gasteiger partial charge in [0.25, 0.3) is 0 Å². The van der Waals surface area contributed by atoms with Crippen LogP contribution in [-0.2, 0) is 6.42 Å². The summed E-state index contributed by atoms with van der Waals surface area (Å²) in [5, 5.41) is 18.9. The third-order valence-corrected chi connectivity index (χ3v) is 2.49. The highest BCUT2D eigenvalue weighted by molar-refractivity contribution is 5.50. The van der Waals surface area contributed by atoms with E-state index < -0.39 is 0 Å². The zero-order chi connectivity index (χ0) is 11.4. The highest BCUT2D eigenvalue weighted by Crippen LogP contribution is 2.35. The minimum Gasteiger partial charge on any atom is -0.504 e. The average Bonchev–Trinajstić information content (AvgIpc) is 2.20. The smallest absolute Gasteiger partial charge is 0.161 e. The Balaban J connectivity index is 3.24. The number of benzene rings is 1. The van der Waals surface area contributed by atoms with Gasteiger partial charge in [-0.05, 0) is 24.0 Å². The molecule has 0 bridgehead atoms. The van der Waals surface area contributed by atoms with Gasteiger partial charge in [-0.2, -0.15) is 0 Å². The van der Waals surface area contributed by atoms with Crippen molar-refractivity contribution < 1.29 is 14.9 Å². The Bertz CT molecular complexity index is 332. The van der Waals surface area contributed by atoms with Gasteiger partial charge in [-0.3, -0.25) is 0 Å². The Labute approximate surface area is 90.3 Å². The van der Waals surface area contributed by atoms with E-state index in [9.17, 15) is 5.11 Å². The first-order chi connectivity index (χ1) is 7.11. The maximum Gasteiger partial charge on any atom is 0.161 e. The number of phenols is 1. The first-order valence-corrected chi connectivity index (χ1v) is 5.11. The monoisotopic (exact) mass is 210 g/mol. The van der Waals surface area contributed by atoms with Crippen molar-refractivity contribution in [1.82, 2.24) is 0 Å². The van der Waals surface area contributed by atoms with Gasteiger partial charge < -0.3 is 14.9 Å². The summed E-state index contributed by atoms with van der Waals surface area (Å²) >= 11 is 0. The van der Waals surface area contributed by atoms with E-state index in [4.69, 9.17) is 9.84 Å². The average molecular weight is 210 g/mol. The molecule has 0 fully saturated rings. The van der Waals surface area contributed by atoms with E-state index in [-0.39, 0.29) is 12.4 Å². The van der Waals surface area contributed by atoms with E-state index in [1.54, 1.807) is 6.07 Å². The van der Waals surface area contributed by atoms with Gasteiger partial charge in [0, 0.05) is 12.2 Å². The minimum absolute atomic E-state index is 0.0282. The highest BCUT2D eigenvalue weighted by atomic mass is 16.5. The first-order valence-electron chi connectivity index (χ1n) is 5.11. The predicted octanol–water partition coefficient (Wildman–Crippen LogP) is 2.06. The molecule has 3 nitrogen and oxygen atoms in total. The van der Waals surface area contributed by atoms with Crippen LogP contribution in [0.1, 0.15) is 30.9 Å². The van der Waals surface area contributed by atoms with Gasteiger partial charge in [-0.25, -0.2) is 0 Å². The molecule has 1 aromatic carbocycles. The standard InChI is InChI=1S/C12H18O3/c1-8(2)9-4-5-11(15-3)12(14)10(9)6-7-13/h4-5,8,13-14H,6-7H2,1-3H3. The van der Waals surface area contributed by atoms with Crippen LogP contribution in [0.15, 0.2) is 12.1 Å². The van der Waals surface area contributed by atoms with E-state index in [0.29, 0.717) is 18.1 Å². The molecule has 15 heavy (non-hydrogen) atoms. The third kappa shape index (κ3) is 2.42. The third-order valence-electron chi connectivity index (χ3n) is 2.49. The molecule has 0 atom stereocenters. The molecule has 0 heterocycles. The second-order valence-electron chi connectivity index (χ2n) is 3.81. The molecule has 0 saturated heterocycles. The van der Waals surface area contributed by atoms with Gasteiger partial charge in [0.05, 0.1) is 7.11 Å². The summed E-state index contributed by atoms with van der Waals surface area (Å²) < 4.78 is 5.04. The lowest BCUT2D eigenvalue weighted by Crippen LogP contribution is -2.01. The molecule has 0 spiro atoms. The summed E-state index contributed by atoms with van der Waals surface area (Å²) in [7, 11) is 1.52. The molecular weight excluding hydrogens is 192 g/mol. The molecule has 1 rings (SSSR count). The molecule has 0 aromatic heterocycles. The normalized spacial score (nSPS) is 10.7. The Kier molecular flexibility index (Phi) is 3.97. The van der Waals surface area contributed by atoms with Crippen molar-refractivity contribution in [3.05, 3.63) is 23.3 Å². The molecular formula is C12H18O3. The molecule has 0 aliphatic heterocycles. The van der Waals surface area contributed by atoms with Crippen molar-refractivity contribution in [2.45, 2.75) is 26.2 Å². The van der Waals surface area contributed by atoms with Gasteiger partial charge in [0.15, 0.2) is 11.5 Å². The Morgan fingerprint density at radius 2 is 2.00 bits per heavy atom. The summed E-state index contributed by atoms with van der Waals surface area (Å²) in [5.74, 6) is 0.934. The second kappa shape index (κ2) is 5.03. The van der Waals surface area contributed by atoms with Crippen molar-refractivity contribution in [3.63, 3.8) is 0 Å². The molecule has 0 saturated carbocycles. The van der Waals surface area contributed by atoms with Crippen LogP contribution in [-0.4, -0.2) is 23.9 Å². The molecule has 0 aliphatic carbocycles. The van der Waals surface area contributed by atoms with Gasteiger partial charge in [-0.15, -0.1) is 0 Å². The number of phenolic OH excluding ortho intramolecular Hbond substituents is 1. The summed E-state index contributed by atoms with van der Waals surface area (Å²) in [4.78, 5) is 0. The number of methoxy groups -OCH3 is 1. The highest BCUT2D eigenvalue weighted by Gasteiger charge is 2.14. The second-order valence-corrected chi connectivity index (χ2v) is 3.81. The Hall–Kier alpha value is -1.22. The van der Waals surface area contributed by atoms with Gasteiger partial charge in [0.2, 0.25) is 0 Å². The predicted molar refractivity (Wildman–Crippen MR) is 59.5 cm³/mol. The fourth-order valence-corrected chi connectivity index (χ4v) is 1.71. The minimum atomic E-state index is 0.0282. The lowest BCUT2D eigenvalue weighted by molar-refractivity contribution is 0.295. The Morgan fingerprint density at radius 1 is 1.33 bits per heavy atom. The zero-order valence-electron chi connectivity index (χ0n) is 9.45. The van der Waals surface area contributed by atoms with Crippen molar-refractivity contribution >= 4 is 0 Å². The van der Waals surface area contributed by atoms with Crippen LogP contribution in [0.3, 0.4) is 0 Å². The van der Waals surface area contributed by atoms with Crippen molar-refractivity contribution in [2.24, 2.45) is 0 Å². The van der Waals surface area contributed by atoms with Crippen LogP contribution in [0, 0.1) is 0 Å². The summed E-state index contributed by atoms with van der Waals surface area (Å²) in [6.07, 6.45) is 0.455. The number of ether oxygens (including phenoxy) is 1. The number of hydrogen-bond donors (Lipinski definition) is 2. The quantitative estimate of drug-likeness (QED) is 0.799. The summed E-state index contributed by atoms with van der Waals surface area (Å²) in [5.41, 5.74) is 1.84. The van der Waals surface area contributed by atoms with Crippen molar-refractivity contribution in [1.29, 1.82) is 0 Å². The van der Waals surface area contributed by atoms with Gasteiger partial charge in [0.1, 0.15) is 0 Å². The number of aromatic hydroxyl groups is 1. The largest absolute Gasteiger partial charge is 0.504 e. The van der Waals surface area contributed by atoms with Crippen molar-refractivity contribution in [3.8, 4) is 11.5 Å². The molecule has 1 aromatic rings. The van der Waals surface area contributed by atoms with Crippen molar-refractivity contribution in [2.75, 3.05) is 13.7 Å². The fraction of sp³-hybridized carbons (Fsp3) is 0.500. The van der Waals surface area contributed by atoms with Gasteiger partial charge >= 0.3 is 0 Å². The fourth-order valence-electron chi connectivity index (χ4n) is 1.71. The van der Waals surface area contributed by atoms with E-state index >= 15 is 0 Å². The maximum atomic E-state index is 9.91. The lowest BCUT2D eigenvalue weighted by Gasteiger charge is -2.15. The first kappa shape index (κ1) is 11.9. The lowest BCUT2D eigenvalue weighted by atomic mass is 9.94. The van der Waals surface area contributed by atoms with Crippen LogP contribution in [0.4, 0.5) is 0 Å². The number of hydrogen-bond acceptors (Lipinski definition) is 3. The SMILES string of the molecule is COc1ccc(C(C)C)c(CCO)c1O. The van der Waals surface area contributed by atoms with E-state index in [0.717, 1.165) is 11.1 Å². The van der Waals surface area contributed by atoms with Gasteiger partial charge in [-0.1, -0.05) is 19.9 Å². The summed E-state index contributed by atoms with van der Waals surface area (Å²) in [6.45, 7) is 4.14. The number of aliphatic hydroxyl groups excluding tert-OH is 1. The molecule has 2 N–H and O–H groups in total. The van der Waals surface area contributed by atoms with Crippen LogP contribution in [0.5, 0.6) is 11.5 Å². The van der Waals surface area contributed by atoms with Crippen LogP contribution < -0.4 is 4.74 Å². The van der Waals surface area contributed by atoms with Crippen LogP contribution in [0.2, 0.25) is 0 Å².